The molecule has 29 heavy (non-hydrogen) atoms. The van der Waals surface area contributed by atoms with Crippen molar-refractivity contribution in [3.8, 4) is 11.1 Å². The van der Waals surface area contributed by atoms with Crippen molar-refractivity contribution < 1.29 is 21.8 Å². The number of fused-ring (bicyclic) bond motifs is 1. The summed E-state index contributed by atoms with van der Waals surface area (Å²) in [7, 11) is -0.970. The van der Waals surface area contributed by atoms with E-state index < -0.39 is 26.6 Å². The van der Waals surface area contributed by atoms with E-state index in [4.69, 9.17) is 0 Å². The van der Waals surface area contributed by atoms with Crippen LogP contribution in [0.5, 0.6) is 0 Å². The van der Waals surface area contributed by atoms with Crippen molar-refractivity contribution in [2.45, 2.75) is 23.7 Å². The lowest BCUT2D eigenvalue weighted by molar-refractivity contribution is 0.256. The molecule has 2 heterocycles. The Kier molecular flexibility index (Phi) is 4.96. The largest absolute Gasteiger partial charge is 0.350 e. The third-order valence-corrected chi connectivity index (χ3v) is 6.69. The smallest absolute Gasteiger partial charge is 0.300 e. The summed E-state index contributed by atoms with van der Waals surface area (Å²) in [6, 6.07) is 7.38. The van der Waals surface area contributed by atoms with Crippen molar-refractivity contribution in [1.82, 2.24) is 9.47 Å². The first-order chi connectivity index (χ1) is 13.7. The zero-order chi connectivity index (χ0) is 20.9. The Morgan fingerprint density at radius 2 is 1.76 bits per heavy atom. The second kappa shape index (κ2) is 7.19. The fourth-order valence-electron chi connectivity index (χ4n) is 4.23. The first kappa shape index (κ1) is 20.0. The van der Waals surface area contributed by atoms with Gasteiger partial charge in [-0.15, -0.1) is 0 Å². The zero-order valence-electron chi connectivity index (χ0n) is 16.2. The first-order valence-corrected chi connectivity index (χ1v) is 10.8. The first-order valence-electron chi connectivity index (χ1n) is 9.40. The van der Waals surface area contributed by atoms with Gasteiger partial charge in [-0.25, -0.2) is 8.78 Å². The van der Waals surface area contributed by atoms with Gasteiger partial charge in [-0.1, -0.05) is 6.07 Å². The third kappa shape index (κ3) is 3.56. The van der Waals surface area contributed by atoms with Crippen LogP contribution >= 0.6 is 0 Å². The zero-order valence-corrected chi connectivity index (χ0v) is 17.0. The predicted octanol–water partition coefficient (Wildman–Crippen LogP) is 4.18. The van der Waals surface area contributed by atoms with E-state index in [1.807, 2.05) is 23.7 Å². The fourth-order valence-corrected chi connectivity index (χ4v) is 4.88. The Labute approximate surface area is 168 Å². The summed E-state index contributed by atoms with van der Waals surface area (Å²) in [5.41, 5.74) is 2.52. The van der Waals surface area contributed by atoms with Gasteiger partial charge in [-0.05, 0) is 74.3 Å². The number of hydrogen-bond acceptors (Lipinski definition) is 3. The normalized spacial score (nSPS) is 16.6. The number of piperidine rings is 1. The molecule has 5 nitrogen and oxygen atoms in total. The average molecular weight is 420 g/mol. The summed E-state index contributed by atoms with van der Waals surface area (Å²) in [5.74, 6) is -2.22. The molecule has 1 N–H and O–H groups in total. The van der Waals surface area contributed by atoms with E-state index >= 15 is 0 Å². The minimum atomic E-state index is -5.02. The standard InChI is InChI=1S/C21H22F2N2O3S/c1-24-9-7-13(8-10-24)17-12-25(2)19-6-3-14(11-16(17)19)15-4-5-18(22)21(20(15)23)29(26,27)28/h3-6,11-13H,7-10H2,1-2H3,(H,26,27,28). The van der Waals surface area contributed by atoms with E-state index in [2.05, 4.69) is 18.1 Å². The van der Waals surface area contributed by atoms with Crippen LogP contribution in [0.4, 0.5) is 8.78 Å². The number of halogens is 2. The molecule has 8 heteroatoms. The van der Waals surface area contributed by atoms with E-state index in [0.29, 0.717) is 11.5 Å². The molecule has 1 fully saturated rings. The number of aryl methyl sites for hydroxylation is 1. The van der Waals surface area contributed by atoms with Gasteiger partial charge in [-0.2, -0.15) is 8.42 Å². The minimum Gasteiger partial charge on any atom is -0.350 e. The summed E-state index contributed by atoms with van der Waals surface area (Å²) in [4.78, 5) is 0.969. The van der Waals surface area contributed by atoms with Crippen LogP contribution in [0.1, 0.15) is 24.3 Å². The minimum absolute atomic E-state index is 0.0703. The molecule has 0 radical (unpaired) electrons. The van der Waals surface area contributed by atoms with Gasteiger partial charge in [0.25, 0.3) is 10.1 Å². The Morgan fingerprint density at radius 1 is 1.07 bits per heavy atom. The molecular formula is C21H22F2N2O3S. The van der Waals surface area contributed by atoms with Crippen LogP contribution < -0.4 is 0 Å². The number of benzene rings is 2. The van der Waals surface area contributed by atoms with Crippen LogP contribution in [0.2, 0.25) is 0 Å². The predicted molar refractivity (Wildman–Crippen MR) is 108 cm³/mol. The average Bonchev–Trinajstić information content (AvgIpc) is 2.97. The number of rotatable bonds is 3. The van der Waals surface area contributed by atoms with Crippen LogP contribution in [0.15, 0.2) is 41.4 Å². The van der Waals surface area contributed by atoms with Crippen molar-refractivity contribution in [1.29, 1.82) is 0 Å². The molecule has 0 amide bonds. The van der Waals surface area contributed by atoms with E-state index in [1.165, 1.54) is 11.6 Å². The lowest BCUT2D eigenvalue weighted by Gasteiger charge is -2.28. The highest BCUT2D eigenvalue weighted by Crippen LogP contribution is 2.37. The van der Waals surface area contributed by atoms with Gasteiger partial charge < -0.3 is 9.47 Å². The Balaban J connectivity index is 1.86. The Hall–Kier alpha value is -2.29. The van der Waals surface area contributed by atoms with Crippen LogP contribution in [0.3, 0.4) is 0 Å². The fraction of sp³-hybridized carbons (Fsp3) is 0.333. The summed E-state index contributed by atoms with van der Waals surface area (Å²) in [5, 5.41) is 0.969. The molecule has 2 aromatic carbocycles. The van der Waals surface area contributed by atoms with Gasteiger partial charge in [-0.3, -0.25) is 4.55 Å². The third-order valence-electron chi connectivity index (χ3n) is 5.80. The van der Waals surface area contributed by atoms with E-state index in [9.17, 15) is 21.8 Å². The van der Waals surface area contributed by atoms with Crippen molar-refractivity contribution >= 4 is 21.0 Å². The number of likely N-dealkylation sites (tertiary alicyclic amines) is 1. The molecule has 0 saturated carbocycles. The monoisotopic (exact) mass is 420 g/mol. The highest BCUT2D eigenvalue weighted by Gasteiger charge is 2.26. The molecule has 154 valence electrons. The molecule has 1 aromatic heterocycles. The van der Waals surface area contributed by atoms with Gasteiger partial charge in [0.15, 0.2) is 10.7 Å². The molecule has 3 aromatic rings. The molecule has 0 unspecified atom stereocenters. The lowest BCUT2D eigenvalue weighted by atomic mass is 9.88. The van der Waals surface area contributed by atoms with E-state index in [1.54, 1.807) is 6.07 Å². The van der Waals surface area contributed by atoms with Gasteiger partial charge >= 0.3 is 0 Å². The van der Waals surface area contributed by atoms with E-state index in [0.717, 1.165) is 42.9 Å². The van der Waals surface area contributed by atoms with E-state index in [-0.39, 0.29) is 5.56 Å². The highest BCUT2D eigenvalue weighted by atomic mass is 32.2. The van der Waals surface area contributed by atoms with Crippen LogP contribution in [-0.4, -0.2) is 42.6 Å². The molecule has 0 spiro atoms. The summed E-state index contributed by atoms with van der Waals surface area (Å²) in [6.07, 6.45) is 4.14. The molecule has 1 aliphatic heterocycles. The van der Waals surface area contributed by atoms with Gasteiger partial charge in [0, 0.05) is 29.7 Å². The highest BCUT2D eigenvalue weighted by molar-refractivity contribution is 7.85. The van der Waals surface area contributed by atoms with Gasteiger partial charge in [0.05, 0.1) is 0 Å². The van der Waals surface area contributed by atoms with Crippen LogP contribution in [0, 0.1) is 11.6 Å². The molecular weight excluding hydrogens is 398 g/mol. The number of hydrogen-bond donors (Lipinski definition) is 1. The molecule has 1 saturated heterocycles. The second-order valence-electron chi connectivity index (χ2n) is 7.72. The molecule has 1 aliphatic rings. The van der Waals surface area contributed by atoms with Crippen molar-refractivity contribution in [2.75, 3.05) is 20.1 Å². The summed E-state index contributed by atoms with van der Waals surface area (Å²) in [6.45, 7) is 2.01. The van der Waals surface area contributed by atoms with Crippen molar-refractivity contribution in [3.05, 3.63) is 53.7 Å². The summed E-state index contributed by atoms with van der Waals surface area (Å²) < 4.78 is 62.8. The molecule has 0 aliphatic carbocycles. The molecule has 4 rings (SSSR count). The van der Waals surface area contributed by atoms with Crippen molar-refractivity contribution in [3.63, 3.8) is 0 Å². The maximum atomic E-state index is 14.8. The number of aromatic nitrogens is 1. The quantitative estimate of drug-likeness (QED) is 0.646. The summed E-state index contributed by atoms with van der Waals surface area (Å²) >= 11 is 0. The maximum Gasteiger partial charge on any atom is 0.300 e. The second-order valence-corrected chi connectivity index (χ2v) is 9.08. The SMILES string of the molecule is CN1CCC(c2cn(C)c3ccc(-c4ccc(F)c(S(=O)(=O)O)c4F)cc23)CC1. The van der Waals surface area contributed by atoms with Gasteiger partial charge in [0.2, 0.25) is 0 Å². The lowest BCUT2D eigenvalue weighted by Crippen LogP contribution is -2.29. The molecule has 0 atom stereocenters. The Bertz CT molecular complexity index is 1200. The Morgan fingerprint density at radius 3 is 2.41 bits per heavy atom. The maximum absolute atomic E-state index is 14.8. The van der Waals surface area contributed by atoms with Crippen LogP contribution in [0.25, 0.3) is 22.0 Å². The van der Waals surface area contributed by atoms with Crippen LogP contribution in [-0.2, 0) is 17.2 Å². The van der Waals surface area contributed by atoms with Crippen molar-refractivity contribution in [2.24, 2.45) is 7.05 Å². The van der Waals surface area contributed by atoms with Gasteiger partial charge in [0.1, 0.15) is 5.82 Å². The number of nitrogens with zero attached hydrogens (tertiary/aromatic N) is 2. The topological polar surface area (TPSA) is 62.5 Å². The molecule has 0 bridgehead atoms.